The molecule has 0 saturated carbocycles. The molecule has 0 aromatic carbocycles. The number of amides is 1. The zero-order valence-electron chi connectivity index (χ0n) is 9.80. The lowest BCUT2D eigenvalue weighted by Crippen LogP contribution is -2.43. The Bertz CT molecular complexity index is 355. The molecule has 17 heavy (non-hydrogen) atoms. The van der Waals surface area contributed by atoms with Crippen LogP contribution in [0.1, 0.15) is 12.8 Å². The Balaban J connectivity index is 2.70. The van der Waals surface area contributed by atoms with E-state index >= 15 is 0 Å². The minimum atomic E-state index is -1.05. The van der Waals surface area contributed by atoms with Crippen LogP contribution < -0.4 is 0 Å². The highest BCUT2D eigenvalue weighted by molar-refractivity contribution is 7.84. The molecule has 1 aliphatic rings. The van der Waals surface area contributed by atoms with Gasteiger partial charge < -0.3 is 10.0 Å². The molecule has 2 unspecified atom stereocenters. The van der Waals surface area contributed by atoms with Gasteiger partial charge in [-0.2, -0.15) is 0 Å². The highest BCUT2D eigenvalue weighted by Gasteiger charge is 2.36. The molecular formula is C11H17NO4S. The molecule has 1 heterocycles. The maximum Gasteiger partial charge on any atom is 0.326 e. The van der Waals surface area contributed by atoms with Crippen molar-refractivity contribution >= 4 is 22.7 Å². The Morgan fingerprint density at radius 3 is 2.82 bits per heavy atom. The molecule has 5 nitrogen and oxygen atoms in total. The molecule has 1 rings (SSSR count). The fourth-order valence-corrected chi connectivity index (χ4v) is 2.46. The van der Waals surface area contributed by atoms with Crippen LogP contribution in [-0.2, 0) is 20.4 Å². The normalized spacial score (nSPS) is 23.5. The molecule has 96 valence electrons. The van der Waals surface area contributed by atoms with Gasteiger partial charge in [-0.05, 0) is 6.42 Å². The number of hydrogen-bond acceptors (Lipinski definition) is 3. The summed E-state index contributed by atoms with van der Waals surface area (Å²) in [6.45, 7) is 4.01. The first-order valence-corrected chi connectivity index (χ1v) is 7.13. The smallest absolute Gasteiger partial charge is 0.326 e. The van der Waals surface area contributed by atoms with Gasteiger partial charge in [0.05, 0.1) is 0 Å². The molecule has 1 N–H and O–H groups in total. The lowest BCUT2D eigenvalue weighted by Gasteiger charge is -2.24. The van der Waals surface area contributed by atoms with Gasteiger partial charge >= 0.3 is 5.97 Å². The maximum atomic E-state index is 11.7. The average molecular weight is 259 g/mol. The highest BCUT2D eigenvalue weighted by Crippen LogP contribution is 2.22. The average Bonchev–Trinajstić information content (AvgIpc) is 2.59. The zero-order chi connectivity index (χ0) is 13.0. The van der Waals surface area contributed by atoms with Gasteiger partial charge in [-0.25, -0.2) is 4.79 Å². The van der Waals surface area contributed by atoms with Gasteiger partial charge in [-0.15, -0.1) is 6.58 Å². The van der Waals surface area contributed by atoms with Gasteiger partial charge in [-0.3, -0.25) is 9.00 Å². The SMILES string of the molecule is C=CC1CC(=O)N([C@@H](CCS(C)=O)C(=O)O)C1. The Labute approximate surface area is 103 Å². The third-order valence-electron chi connectivity index (χ3n) is 2.86. The molecule has 3 atom stereocenters. The van der Waals surface area contributed by atoms with Crippen LogP contribution in [0.15, 0.2) is 12.7 Å². The Hall–Kier alpha value is -1.17. The van der Waals surface area contributed by atoms with Crippen LogP contribution in [-0.4, -0.2) is 50.7 Å². The number of carboxylic acids is 1. The molecule has 0 aromatic heterocycles. The molecule has 0 spiro atoms. The molecule has 1 amide bonds. The number of carboxylic acid groups (broad SMARTS) is 1. The number of rotatable bonds is 6. The van der Waals surface area contributed by atoms with Crippen molar-refractivity contribution in [1.82, 2.24) is 4.90 Å². The standard InChI is InChI=1S/C11H17NO4S/c1-3-8-6-10(13)12(7-8)9(11(14)15)4-5-17(2)16/h3,8-9H,1,4-7H2,2H3,(H,14,15)/t8?,9-,17?/m0/s1. The predicted octanol–water partition coefficient (Wildman–Crippen LogP) is 0.243. The first-order valence-electron chi connectivity index (χ1n) is 5.40. The van der Waals surface area contributed by atoms with E-state index < -0.39 is 22.8 Å². The van der Waals surface area contributed by atoms with E-state index in [9.17, 15) is 13.8 Å². The molecule has 1 fully saturated rings. The zero-order valence-corrected chi connectivity index (χ0v) is 10.6. The largest absolute Gasteiger partial charge is 0.480 e. The first kappa shape index (κ1) is 13.9. The summed E-state index contributed by atoms with van der Waals surface area (Å²) in [5.41, 5.74) is 0. The van der Waals surface area contributed by atoms with Gasteiger partial charge in [-0.1, -0.05) is 6.08 Å². The molecular weight excluding hydrogens is 242 g/mol. The number of carbonyl (C=O) groups excluding carboxylic acids is 1. The molecule has 6 heteroatoms. The molecule has 0 bridgehead atoms. The van der Waals surface area contributed by atoms with E-state index in [0.717, 1.165) is 0 Å². The molecule has 0 radical (unpaired) electrons. The monoisotopic (exact) mass is 259 g/mol. The van der Waals surface area contributed by atoms with Crippen LogP contribution in [0.5, 0.6) is 0 Å². The van der Waals surface area contributed by atoms with Crippen molar-refractivity contribution in [2.45, 2.75) is 18.9 Å². The summed E-state index contributed by atoms with van der Waals surface area (Å²) in [5.74, 6) is -0.881. The Morgan fingerprint density at radius 2 is 2.41 bits per heavy atom. The Morgan fingerprint density at radius 1 is 1.76 bits per heavy atom. The molecule has 0 aliphatic carbocycles. The van der Waals surface area contributed by atoms with Crippen molar-refractivity contribution in [1.29, 1.82) is 0 Å². The summed E-state index contributed by atoms with van der Waals surface area (Å²) in [7, 11) is -1.05. The van der Waals surface area contributed by atoms with Crippen molar-refractivity contribution < 1.29 is 18.9 Å². The Kier molecular flexibility index (Phi) is 4.86. The van der Waals surface area contributed by atoms with Gasteiger partial charge in [0.1, 0.15) is 6.04 Å². The number of likely N-dealkylation sites (tertiary alicyclic amines) is 1. The van der Waals surface area contributed by atoms with Crippen molar-refractivity contribution in [2.75, 3.05) is 18.6 Å². The highest BCUT2D eigenvalue weighted by atomic mass is 32.2. The van der Waals surface area contributed by atoms with Crippen molar-refractivity contribution in [3.63, 3.8) is 0 Å². The summed E-state index contributed by atoms with van der Waals surface area (Å²) in [4.78, 5) is 24.2. The number of hydrogen-bond donors (Lipinski definition) is 1. The summed E-state index contributed by atoms with van der Waals surface area (Å²) in [6, 6.07) is -0.864. The number of nitrogens with zero attached hydrogens (tertiary/aromatic N) is 1. The summed E-state index contributed by atoms with van der Waals surface area (Å²) in [5, 5.41) is 9.10. The van der Waals surface area contributed by atoms with Crippen LogP contribution in [0.3, 0.4) is 0 Å². The van der Waals surface area contributed by atoms with E-state index in [1.54, 1.807) is 6.08 Å². The lowest BCUT2D eigenvalue weighted by molar-refractivity contribution is -0.148. The van der Waals surface area contributed by atoms with E-state index in [2.05, 4.69) is 6.58 Å². The van der Waals surface area contributed by atoms with E-state index in [1.807, 2.05) is 0 Å². The third kappa shape index (κ3) is 3.66. The van der Waals surface area contributed by atoms with Crippen LogP contribution in [0.25, 0.3) is 0 Å². The van der Waals surface area contributed by atoms with Crippen molar-refractivity contribution in [3.05, 3.63) is 12.7 Å². The van der Waals surface area contributed by atoms with E-state index in [4.69, 9.17) is 5.11 Å². The first-order chi connectivity index (χ1) is 7.95. The molecule has 0 aromatic rings. The second-order valence-corrected chi connectivity index (χ2v) is 5.72. The van der Waals surface area contributed by atoms with Gasteiger partial charge in [0.15, 0.2) is 0 Å². The molecule has 1 aliphatic heterocycles. The second-order valence-electron chi connectivity index (χ2n) is 4.17. The molecule has 1 saturated heterocycles. The van der Waals surface area contributed by atoms with E-state index in [1.165, 1.54) is 11.2 Å². The quantitative estimate of drug-likeness (QED) is 0.693. The fourth-order valence-electron chi connectivity index (χ4n) is 1.91. The third-order valence-corrected chi connectivity index (χ3v) is 3.67. The summed E-state index contributed by atoms with van der Waals surface area (Å²) < 4.78 is 11.0. The van der Waals surface area contributed by atoms with E-state index in [-0.39, 0.29) is 18.2 Å². The topological polar surface area (TPSA) is 74.7 Å². The van der Waals surface area contributed by atoms with E-state index in [0.29, 0.717) is 18.7 Å². The minimum absolute atomic E-state index is 0.0245. The number of aliphatic carboxylic acids is 1. The van der Waals surface area contributed by atoms with Gasteiger partial charge in [0.2, 0.25) is 5.91 Å². The predicted molar refractivity (Wildman–Crippen MR) is 65.0 cm³/mol. The van der Waals surface area contributed by atoms with Crippen LogP contribution in [0.4, 0.5) is 0 Å². The van der Waals surface area contributed by atoms with Crippen LogP contribution >= 0.6 is 0 Å². The fraction of sp³-hybridized carbons (Fsp3) is 0.636. The minimum Gasteiger partial charge on any atom is -0.480 e. The summed E-state index contributed by atoms with van der Waals surface area (Å²) >= 11 is 0. The van der Waals surface area contributed by atoms with Crippen LogP contribution in [0, 0.1) is 5.92 Å². The van der Waals surface area contributed by atoms with Crippen molar-refractivity contribution in [3.8, 4) is 0 Å². The van der Waals surface area contributed by atoms with Crippen LogP contribution in [0.2, 0.25) is 0 Å². The van der Waals surface area contributed by atoms with Gasteiger partial charge in [0, 0.05) is 41.7 Å². The number of carbonyl (C=O) groups is 2. The van der Waals surface area contributed by atoms with Crippen molar-refractivity contribution in [2.24, 2.45) is 5.92 Å². The maximum absolute atomic E-state index is 11.7. The summed E-state index contributed by atoms with van der Waals surface area (Å²) in [6.07, 6.45) is 3.75. The lowest BCUT2D eigenvalue weighted by atomic mass is 10.1. The second kappa shape index (κ2) is 5.95. The van der Waals surface area contributed by atoms with Gasteiger partial charge in [0.25, 0.3) is 0 Å².